The van der Waals surface area contributed by atoms with Crippen LogP contribution < -0.4 is 15.0 Å². The summed E-state index contributed by atoms with van der Waals surface area (Å²) in [5.74, 6) is 2.54. The number of rotatable bonds is 6. The van der Waals surface area contributed by atoms with Gasteiger partial charge in [-0.05, 0) is 25.5 Å². The number of aryl methyl sites for hydroxylation is 2. The zero-order valence-corrected chi connectivity index (χ0v) is 16.3. The highest BCUT2D eigenvalue weighted by Crippen LogP contribution is 2.36. The molecule has 3 aromatic rings. The van der Waals surface area contributed by atoms with Crippen molar-refractivity contribution in [2.24, 2.45) is 7.05 Å². The molecule has 0 aliphatic rings. The van der Waals surface area contributed by atoms with Gasteiger partial charge in [-0.1, -0.05) is 30.5 Å². The van der Waals surface area contributed by atoms with Gasteiger partial charge in [0.25, 0.3) is 5.56 Å². The molecule has 3 rings (SSSR count). The molecule has 0 radical (unpaired) electrons. The molecule has 26 heavy (non-hydrogen) atoms. The molecular weight excluding hydrogens is 372 g/mol. The normalized spacial score (nSPS) is 10.9. The molecule has 0 saturated heterocycles. The van der Waals surface area contributed by atoms with Crippen molar-refractivity contribution in [3.8, 4) is 11.5 Å². The molecule has 1 aromatic carbocycles. The minimum atomic E-state index is -0.114. The van der Waals surface area contributed by atoms with E-state index in [1.807, 2.05) is 6.92 Å². The summed E-state index contributed by atoms with van der Waals surface area (Å²) in [6.07, 6.45) is 4.19. The molecule has 0 unspecified atom stereocenters. The van der Waals surface area contributed by atoms with Crippen LogP contribution in [0.4, 0.5) is 5.82 Å². The van der Waals surface area contributed by atoms with Gasteiger partial charge < -0.3 is 14.0 Å². The summed E-state index contributed by atoms with van der Waals surface area (Å²) in [5, 5.41) is 0.934. The lowest BCUT2D eigenvalue weighted by Crippen LogP contribution is -2.17. The summed E-state index contributed by atoms with van der Waals surface area (Å²) < 4.78 is 10.6. The standard InChI is InChI=1S/C18H19ClN4O2S/c1-4-9-26-22-17-16(19)14(7-8-20-17)25-13-6-5-12-15(11(13)2)18(24)23(3)10-21-12/h5-8,10H,4,9H2,1-3H3,(H,20,22). The number of ether oxygens (including phenoxy) is 1. The Bertz CT molecular complexity index is 1010. The maximum Gasteiger partial charge on any atom is 0.261 e. The van der Waals surface area contributed by atoms with Crippen molar-refractivity contribution in [3.05, 3.63) is 51.7 Å². The highest BCUT2D eigenvalue weighted by Gasteiger charge is 2.14. The van der Waals surface area contributed by atoms with Crippen molar-refractivity contribution >= 4 is 40.3 Å². The second-order valence-electron chi connectivity index (χ2n) is 5.77. The molecule has 0 bridgehead atoms. The summed E-state index contributed by atoms with van der Waals surface area (Å²) in [6.45, 7) is 3.94. The average molecular weight is 391 g/mol. The Morgan fingerprint density at radius 1 is 1.27 bits per heavy atom. The Morgan fingerprint density at radius 3 is 2.85 bits per heavy atom. The molecule has 2 heterocycles. The number of aromatic nitrogens is 3. The van der Waals surface area contributed by atoms with E-state index in [-0.39, 0.29) is 5.56 Å². The quantitative estimate of drug-likeness (QED) is 0.491. The molecule has 1 N–H and O–H groups in total. The fraction of sp³-hybridized carbons (Fsp3) is 0.278. The van der Waals surface area contributed by atoms with Crippen molar-refractivity contribution in [2.75, 3.05) is 10.5 Å². The van der Waals surface area contributed by atoms with E-state index in [9.17, 15) is 4.79 Å². The van der Waals surface area contributed by atoms with Crippen LogP contribution in [0.25, 0.3) is 10.9 Å². The van der Waals surface area contributed by atoms with Crippen LogP contribution in [0.15, 0.2) is 35.5 Å². The van der Waals surface area contributed by atoms with Crippen LogP contribution in [-0.2, 0) is 7.05 Å². The van der Waals surface area contributed by atoms with Crippen LogP contribution in [0.5, 0.6) is 11.5 Å². The Labute approximate surface area is 160 Å². The van der Waals surface area contributed by atoms with Gasteiger partial charge in [-0.25, -0.2) is 9.97 Å². The minimum Gasteiger partial charge on any atom is -0.455 e. The van der Waals surface area contributed by atoms with E-state index in [0.29, 0.717) is 33.2 Å². The number of anilines is 1. The van der Waals surface area contributed by atoms with Crippen LogP contribution in [0.2, 0.25) is 5.02 Å². The monoisotopic (exact) mass is 390 g/mol. The van der Waals surface area contributed by atoms with Gasteiger partial charge in [-0.15, -0.1) is 0 Å². The van der Waals surface area contributed by atoms with E-state index in [4.69, 9.17) is 16.3 Å². The Morgan fingerprint density at radius 2 is 2.08 bits per heavy atom. The van der Waals surface area contributed by atoms with E-state index >= 15 is 0 Å². The van der Waals surface area contributed by atoms with Gasteiger partial charge in [0, 0.05) is 30.6 Å². The molecule has 0 spiro atoms. The highest BCUT2D eigenvalue weighted by atomic mass is 35.5. The smallest absolute Gasteiger partial charge is 0.261 e. The van der Waals surface area contributed by atoms with Crippen molar-refractivity contribution < 1.29 is 4.74 Å². The van der Waals surface area contributed by atoms with Gasteiger partial charge in [0.2, 0.25) is 0 Å². The maximum atomic E-state index is 12.4. The van der Waals surface area contributed by atoms with Gasteiger partial charge in [-0.3, -0.25) is 4.79 Å². The Kier molecular flexibility index (Phi) is 5.68. The van der Waals surface area contributed by atoms with Crippen molar-refractivity contribution in [1.82, 2.24) is 14.5 Å². The van der Waals surface area contributed by atoms with Gasteiger partial charge in [-0.2, -0.15) is 0 Å². The first-order valence-electron chi connectivity index (χ1n) is 8.18. The van der Waals surface area contributed by atoms with Crippen molar-refractivity contribution in [2.45, 2.75) is 20.3 Å². The summed E-state index contributed by atoms with van der Waals surface area (Å²) in [6, 6.07) is 5.26. The molecular formula is C18H19ClN4O2S. The zero-order valence-electron chi connectivity index (χ0n) is 14.7. The first kappa shape index (κ1) is 18.5. The number of hydrogen-bond acceptors (Lipinski definition) is 6. The van der Waals surface area contributed by atoms with Crippen molar-refractivity contribution in [3.63, 3.8) is 0 Å². The van der Waals surface area contributed by atoms with Crippen LogP contribution in [-0.4, -0.2) is 20.3 Å². The molecule has 0 aliphatic heterocycles. The Hall–Kier alpha value is -2.25. The molecule has 0 atom stereocenters. The number of hydrogen-bond donors (Lipinski definition) is 1. The van der Waals surface area contributed by atoms with Gasteiger partial charge in [0.1, 0.15) is 10.8 Å². The van der Waals surface area contributed by atoms with Gasteiger partial charge >= 0.3 is 0 Å². The lowest BCUT2D eigenvalue weighted by atomic mass is 10.1. The largest absolute Gasteiger partial charge is 0.455 e. The number of nitrogens with zero attached hydrogens (tertiary/aromatic N) is 3. The third-order valence-electron chi connectivity index (χ3n) is 3.85. The Balaban J connectivity index is 1.97. The predicted molar refractivity (Wildman–Crippen MR) is 107 cm³/mol. The van der Waals surface area contributed by atoms with E-state index in [2.05, 4.69) is 21.6 Å². The summed E-state index contributed by atoms with van der Waals surface area (Å²) in [7, 11) is 1.67. The molecule has 0 fully saturated rings. The van der Waals surface area contributed by atoms with Crippen LogP contribution in [0.3, 0.4) is 0 Å². The van der Waals surface area contributed by atoms with Crippen LogP contribution in [0, 0.1) is 6.92 Å². The maximum absolute atomic E-state index is 12.4. The number of fused-ring (bicyclic) bond motifs is 1. The van der Waals surface area contributed by atoms with Crippen LogP contribution in [0.1, 0.15) is 18.9 Å². The second kappa shape index (κ2) is 7.97. The van der Waals surface area contributed by atoms with E-state index in [1.165, 1.54) is 22.8 Å². The average Bonchev–Trinajstić information content (AvgIpc) is 2.63. The molecule has 2 aromatic heterocycles. The number of halogens is 1. The minimum absolute atomic E-state index is 0.114. The SMILES string of the molecule is CCCSNc1nccc(Oc2ccc3ncn(C)c(=O)c3c2C)c1Cl. The number of benzene rings is 1. The van der Waals surface area contributed by atoms with E-state index < -0.39 is 0 Å². The number of nitrogens with one attached hydrogen (secondary N) is 1. The first-order valence-corrected chi connectivity index (χ1v) is 9.54. The van der Waals surface area contributed by atoms with Crippen molar-refractivity contribution in [1.29, 1.82) is 0 Å². The predicted octanol–water partition coefficient (Wildman–Crippen LogP) is 4.55. The number of pyridine rings is 1. The molecule has 8 heteroatoms. The third-order valence-corrected chi connectivity index (χ3v) is 5.16. The summed E-state index contributed by atoms with van der Waals surface area (Å²) in [5.41, 5.74) is 1.24. The fourth-order valence-electron chi connectivity index (χ4n) is 2.46. The lowest BCUT2D eigenvalue weighted by molar-refractivity contribution is 0.479. The van der Waals surface area contributed by atoms with Gasteiger partial charge in [0.05, 0.1) is 17.2 Å². The molecule has 0 aliphatic carbocycles. The highest BCUT2D eigenvalue weighted by molar-refractivity contribution is 8.00. The van der Waals surface area contributed by atoms with E-state index in [0.717, 1.165) is 17.7 Å². The lowest BCUT2D eigenvalue weighted by Gasteiger charge is -2.14. The molecule has 6 nitrogen and oxygen atoms in total. The molecule has 0 amide bonds. The third kappa shape index (κ3) is 3.64. The van der Waals surface area contributed by atoms with E-state index in [1.54, 1.807) is 31.4 Å². The van der Waals surface area contributed by atoms with Gasteiger partial charge in [0.15, 0.2) is 11.6 Å². The second-order valence-corrected chi connectivity index (χ2v) is 7.05. The summed E-state index contributed by atoms with van der Waals surface area (Å²) >= 11 is 7.96. The topological polar surface area (TPSA) is 69.0 Å². The molecule has 0 saturated carbocycles. The summed E-state index contributed by atoms with van der Waals surface area (Å²) in [4.78, 5) is 21.0. The first-order chi connectivity index (χ1) is 12.5. The zero-order chi connectivity index (χ0) is 18.7. The fourth-order valence-corrected chi connectivity index (χ4v) is 3.31. The van der Waals surface area contributed by atoms with Crippen LogP contribution >= 0.6 is 23.5 Å². The molecule has 136 valence electrons.